The van der Waals surface area contributed by atoms with Crippen LogP contribution in [0, 0.1) is 6.92 Å². The van der Waals surface area contributed by atoms with E-state index in [9.17, 15) is 4.79 Å². The number of nitrogens with zero attached hydrogens (tertiary/aromatic N) is 5. The number of hydrogen-bond donors (Lipinski definition) is 0. The van der Waals surface area contributed by atoms with Crippen LogP contribution in [-0.2, 0) is 18.4 Å². The molecule has 0 unspecified atom stereocenters. The fraction of sp³-hybridized carbons (Fsp3) is 0.348. The molecule has 7 nitrogen and oxygen atoms in total. The molecule has 8 heteroatoms. The lowest BCUT2D eigenvalue weighted by Gasteiger charge is -2.36. The first-order chi connectivity index (χ1) is 15.1. The number of ether oxygens (including phenoxy) is 1. The summed E-state index contributed by atoms with van der Waals surface area (Å²) in [6, 6.07) is 18.2. The quantitative estimate of drug-likeness (QED) is 0.529. The van der Waals surface area contributed by atoms with E-state index < -0.39 is 0 Å². The van der Waals surface area contributed by atoms with Crippen LogP contribution in [0.25, 0.3) is 0 Å². The first kappa shape index (κ1) is 21.2. The van der Waals surface area contributed by atoms with Crippen molar-refractivity contribution in [2.45, 2.75) is 18.7 Å². The molecule has 0 radical (unpaired) electrons. The van der Waals surface area contributed by atoms with Crippen LogP contribution in [0.3, 0.4) is 0 Å². The van der Waals surface area contributed by atoms with Crippen molar-refractivity contribution < 1.29 is 9.53 Å². The third-order valence-electron chi connectivity index (χ3n) is 5.45. The smallest absolute Gasteiger partial charge is 0.233 e. The minimum atomic E-state index is 0.137. The lowest BCUT2D eigenvalue weighted by Crippen LogP contribution is -2.49. The van der Waals surface area contributed by atoms with Crippen molar-refractivity contribution in [1.29, 1.82) is 0 Å². The topological polar surface area (TPSA) is 63.5 Å². The maximum absolute atomic E-state index is 12.7. The summed E-state index contributed by atoms with van der Waals surface area (Å²) in [5.41, 5.74) is 2.29. The van der Waals surface area contributed by atoms with E-state index in [1.165, 1.54) is 17.4 Å². The van der Waals surface area contributed by atoms with Crippen LogP contribution >= 0.6 is 11.8 Å². The number of rotatable bonds is 7. The average molecular weight is 438 g/mol. The predicted molar refractivity (Wildman–Crippen MR) is 122 cm³/mol. The highest BCUT2D eigenvalue weighted by atomic mass is 32.2. The molecule has 0 saturated carbocycles. The minimum Gasteiger partial charge on any atom is -0.485 e. The highest BCUT2D eigenvalue weighted by Crippen LogP contribution is 2.21. The van der Waals surface area contributed by atoms with Gasteiger partial charge in [-0.2, -0.15) is 0 Å². The summed E-state index contributed by atoms with van der Waals surface area (Å²) in [4.78, 5) is 16.9. The van der Waals surface area contributed by atoms with Crippen molar-refractivity contribution in [3.05, 3.63) is 66.0 Å². The molecule has 1 saturated heterocycles. The first-order valence-electron chi connectivity index (χ1n) is 10.4. The Morgan fingerprint density at radius 2 is 1.71 bits per heavy atom. The molecule has 162 valence electrons. The number of piperazine rings is 1. The predicted octanol–water partition coefficient (Wildman–Crippen LogP) is 3.14. The summed E-state index contributed by atoms with van der Waals surface area (Å²) in [6.45, 7) is 5.53. The number of para-hydroxylation sites is 2. The van der Waals surface area contributed by atoms with E-state index in [0.29, 0.717) is 12.4 Å². The van der Waals surface area contributed by atoms with E-state index in [1.54, 1.807) is 0 Å². The molecular weight excluding hydrogens is 410 g/mol. The fourth-order valence-electron chi connectivity index (χ4n) is 3.53. The van der Waals surface area contributed by atoms with Gasteiger partial charge in [0.25, 0.3) is 0 Å². The van der Waals surface area contributed by atoms with Crippen LogP contribution in [0.1, 0.15) is 11.4 Å². The first-order valence-corrected chi connectivity index (χ1v) is 11.4. The number of thioether (sulfide) groups is 1. The van der Waals surface area contributed by atoms with E-state index in [1.807, 2.05) is 65.9 Å². The van der Waals surface area contributed by atoms with Gasteiger partial charge >= 0.3 is 0 Å². The van der Waals surface area contributed by atoms with Gasteiger partial charge in [0.05, 0.1) is 5.75 Å². The molecule has 3 aromatic rings. The summed E-state index contributed by atoms with van der Waals surface area (Å²) in [5.74, 6) is 2.06. The summed E-state index contributed by atoms with van der Waals surface area (Å²) in [6.07, 6.45) is 0. The molecule has 1 aromatic heterocycles. The maximum Gasteiger partial charge on any atom is 0.233 e. The Kier molecular flexibility index (Phi) is 6.76. The third kappa shape index (κ3) is 5.19. The van der Waals surface area contributed by atoms with Crippen molar-refractivity contribution in [3.8, 4) is 5.75 Å². The number of carbonyl (C=O) groups excluding carboxylic acids is 1. The van der Waals surface area contributed by atoms with Gasteiger partial charge in [-0.15, -0.1) is 10.2 Å². The van der Waals surface area contributed by atoms with Crippen LogP contribution in [0.5, 0.6) is 5.75 Å². The van der Waals surface area contributed by atoms with Crippen molar-refractivity contribution in [2.24, 2.45) is 7.05 Å². The Bertz CT molecular complexity index is 1020. The highest BCUT2D eigenvalue weighted by Gasteiger charge is 2.22. The number of benzene rings is 2. The summed E-state index contributed by atoms with van der Waals surface area (Å²) >= 11 is 1.42. The molecule has 1 amide bonds. The van der Waals surface area contributed by atoms with E-state index in [4.69, 9.17) is 4.74 Å². The molecule has 4 rings (SSSR count). The Hall–Kier alpha value is -3.00. The van der Waals surface area contributed by atoms with Gasteiger partial charge < -0.3 is 19.1 Å². The van der Waals surface area contributed by atoms with Gasteiger partial charge in [0.1, 0.15) is 12.4 Å². The second kappa shape index (κ2) is 9.87. The van der Waals surface area contributed by atoms with Gasteiger partial charge in [-0.1, -0.05) is 48.2 Å². The number of amides is 1. The van der Waals surface area contributed by atoms with Gasteiger partial charge in [0.2, 0.25) is 5.91 Å². The number of hydrogen-bond acceptors (Lipinski definition) is 6. The van der Waals surface area contributed by atoms with Gasteiger partial charge in [-0.3, -0.25) is 4.79 Å². The molecule has 0 bridgehead atoms. The summed E-state index contributed by atoms with van der Waals surface area (Å²) in [5, 5.41) is 9.19. The van der Waals surface area contributed by atoms with E-state index in [0.717, 1.165) is 48.5 Å². The van der Waals surface area contributed by atoms with Gasteiger partial charge in [-0.05, 0) is 30.7 Å². The molecule has 0 N–H and O–H groups in total. The minimum absolute atomic E-state index is 0.137. The zero-order chi connectivity index (χ0) is 21.6. The maximum atomic E-state index is 12.7. The average Bonchev–Trinajstić information content (AvgIpc) is 3.17. The number of carbonyl (C=O) groups is 1. The van der Waals surface area contributed by atoms with Gasteiger partial charge in [-0.25, -0.2) is 0 Å². The fourth-order valence-corrected chi connectivity index (χ4v) is 4.36. The monoisotopic (exact) mass is 437 g/mol. The van der Waals surface area contributed by atoms with Crippen LogP contribution in [0.4, 0.5) is 5.69 Å². The Labute approximate surface area is 187 Å². The molecular formula is C23H27N5O2S. The Morgan fingerprint density at radius 1 is 1.00 bits per heavy atom. The largest absolute Gasteiger partial charge is 0.485 e. The molecule has 2 aromatic carbocycles. The number of anilines is 1. The van der Waals surface area contributed by atoms with Crippen LogP contribution in [0.2, 0.25) is 0 Å². The summed E-state index contributed by atoms with van der Waals surface area (Å²) in [7, 11) is 1.90. The van der Waals surface area contributed by atoms with Crippen LogP contribution in [-0.4, -0.2) is 57.5 Å². The zero-order valence-corrected chi connectivity index (χ0v) is 18.7. The van der Waals surface area contributed by atoms with Crippen molar-refractivity contribution in [3.63, 3.8) is 0 Å². The lowest BCUT2D eigenvalue weighted by molar-refractivity contribution is -0.128. The third-order valence-corrected chi connectivity index (χ3v) is 6.46. The second-order valence-electron chi connectivity index (χ2n) is 7.50. The van der Waals surface area contributed by atoms with E-state index >= 15 is 0 Å². The summed E-state index contributed by atoms with van der Waals surface area (Å²) < 4.78 is 7.76. The van der Waals surface area contributed by atoms with Crippen molar-refractivity contribution in [2.75, 3.05) is 36.8 Å². The van der Waals surface area contributed by atoms with Crippen molar-refractivity contribution >= 4 is 23.4 Å². The molecule has 1 aliphatic rings. The van der Waals surface area contributed by atoms with E-state index in [2.05, 4.69) is 27.2 Å². The lowest BCUT2D eigenvalue weighted by atomic mass is 10.2. The molecule has 1 fully saturated rings. The molecule has 0 aliphatic carbocycles. The molecule has 31 heavy (non-hydrogen) atoms. The highest BCUT2D eigenvalue weighted by molar-refractivity contribution is 7.99. The molecule has 1 aliphatic heterocycles. The van der Waals surface area contributed by atoms with Crippen LogP contribution in [0.15, 0.2) is 59.8 Å². The normalized spacial score (nSPS) is 14.0. The molecule has 0 atom stereocenters. The SMILES string of the molecule is Cc1ccccc1OCc1nnc(SCC(=O)N2CCN(c3ccccc3)CC2)n1C. The second-order valence-corrected chi connectivity index (χ2v) is 8.45. The Morgan fingerprint density at radius 3 is 2.45 bits per heavy atom. The zero-order valence-electron chi connectivity index (χ0n) is 17.9. The van der Waals surface area contributed by atoms with Crippen molar-refractivity contribution in [1.82, 2.24) is 19.7 Å². The standard InChI is InChI=1S/C23H27N5O2S/c1-18-8-6-7-11-20(18)30-16-21-24-25-23(26(21)2)31-17-22(29)28-14-12-27(13-15-28)19-9-4-3-5-10-19/h3-11H,12-17H2,1-2H3. The van der Waals surface area contributed by atoms with Gasteiger partial charge in [0, 0.05) is 38.9 Å². The molecule has 0 spiro atoms. The Balaban J connectivity index is 1.26. The van der Waals surface area contributed by atoms with Gasteiger partial charge in [0.15, 0.2) is 11.0 Å². The number of aromatic nitrogens is 3. The number of aryl methyl sites for hydroxylation is 1. The van der Waals surface area contributed by atoms with E-state index in [-0.39, 0.29) is 5.91 Å². The van der Waals surface area contributed by atoms with Crippen LogP contribution < -0.4 is 9.64 Å². The molecule has 2 heterocycles.